The number of carbonyl (C=O) groups is 6. The number of piperidine rings is 2. The fraction of sp³-hybridized carbons (Fsp3) is 0.571. The van der Waals surface area contributed by atoms with Crippen molar-refractivity contribution in [3.63, 3.8) is 0 Å². The molecular weight excluding hydrogens is 532 g/mol. The summed E-state index contributed by atoms with van der Waals surface area (Å²) in [6, 6.07) is 3.97. The Morgan fingerprint density at radius 1 is 0.878 bits per heavy atom. The number of fused-ring (bicyclic) bond motifs is 1. The van der Waals surface area contributed by atoms with E-state index in [9.17, 15) is 28.8 Å². The molecule has 2 N–H and O–H groups in total. The maximum Gasteiger partial charge on any atom is 0.407 e. The molecule has 1 atom stereocenters. The van der Waals surface area contributed by atoms with Crippen molar-refractivity contribution in [1.29, 1.82) is 0 Å². The summed E-state index contributed by atoms with van der Waals surface area (Å²) >= 11 is 0. The van der Waals surface area contributed by atoms with Crippen LogP contribution in [0.25, 0.3) is 0 Å². The third kappa shape index (κ3) is 5.98. The molecular formula is C28H36N6O7. The van der Waals surface area contributed by atoms with E-state index in [-0.39, 0.29) is 36.0 Å². The lowest BCUT2D eigenvalue weighted by atomic mass is 10.0. The smallest absolute Gasteiger partial charge is 0.407 e. The lowest BCUT2D eigenvalue weighted by Gasteiger charge is -2.40. The van der Waals surface area contributed by atoms with E-state index < -0.39 is 41.4 Å². The van der Waals surface area contributed by atoms with Crippen LogP contribution < -0.4 is 15.5 Å². The van der Waals surface area contributed by atoms with Crippen LogP contribution in [-0.4, -0.2) is 107 Å². The molecule has 3 fully saturated rings. The Bertz CT molecular complexity index is 1270. The van der Waals surface area contributed by atoms with E-state index in [1.54, 1.807) is 18.2 Å². The molecule has 1 aromatic carbocycles. The van der Waals surface area contributed by atoms with Gasteiger partial charge < -0.3 is 24.8 Å². The number of likely N-dealkylation sites (tertiary alicyclic amines) is 1. The van der Waals surface area contributed by atoms with Crippen LogP contribution in [0.2, 0.25) is 0 Å². The number of piperazine rings is 1. The normalized spacial score (nSPS) is 22.1. The standard InChI is InChI=1S/C28H36N6O7/c1-28(2,3)41-26(39)29-17-8-10-32(11-9-17)27(40)33-14-12-31(13-15-33)18-4-5-19-20(16-18)25(38)34(24(19)37)21-6-7-22(35)30-23(21)36/h4-5,16-17,21H,6-15H2,1-3H3,(H,29,39)(H,30,35,36). The van der Waals surface area contributed by atoms with Gasteiger partial charge in [-0.1, -0.05) is 0 Å². The van der Waals surface area contributed by atoms with Crippen molar-refractivity contribution in [1.82, 2.24) is 25.3 Å². The summed E-state index contributed by atoms with van der Waals surface area (Å²) in [5.41, 5.74) is 0.669. The molecule has 3 saturated heterocycles. The average Bonchev–Trinajstić information content (AvgIpc) is 3.17. The zero-order chi connectivity index (χ0) is 29.5. The van der Waals surface area contributed by atoms with Gasteiger partial charge >= 0.3 is 12.1 Å². The number of nitrogens with zero attached hydrogens (tertiary/aromatic N) is 4. The van der Waals surface area contributed by atoms with Crippen molar-refractivity contribution in [2.45, 2.75) is 64.1 Å². The van der Waals surface area contributed by atoms with E-state index >= 15 is 0 Å². The number of amides is 7. The lowest BCUT2D eigenvalue weighted by molar-refractivity contribution is -0.136. The largest absolute Gasteiger partial charge is 0.444 e. The van der Waals surface area contributed by atoms with Crippen molar-refractivity contribution < 1.29 is 33.5 Å². The first kappa shape index (κ1) is 28.4. The van der Waals surface area contributed by atoms with Crippen LogP contribution in [-0.2, 0) is 14.3 Å². The predicted molar refractivity (Wildman–Crippen MR) is 146 cm³/mol. The van der Waals surface area contributed by atoms with Gasteiger partial charge in [0.1, 0.15) is 11.6 Å². The Morgan fingerprint density at radius 3 is 2.15 bits per heavy atom. The highest BCUT2D eigenvalue weighted by Gasteiger charge is 2.45. The Morgan fingerprint density at radius 2 is 1.51 bits per heavy atom. The van der Waals surface area contributed by atoms with E-state index in [1.165, 1.54) is 0 Å². The summed E-state index contributed by atoms with van der Waals surface area (Å²) in [7, 11) is 0. The van der Waals surface area contributed by atoms with Gasteiger partial charge in [0.05, 0.1) is 11.1 Å². The highest BCUT2D eigenvalue weighted by Crippen LogP contribution is 2.31. The number of urea groups is 1. The molecule has 13 heteroatoms. The molecule has 1 aromatic rings. The lowest BCUT2D eigenvalue weighted by Crippen LogP contribution is -2.55. The zero-order valence-electron chi connectivity index (χ0n) is 23.6. The van der Waals surface area contributed by atoms with E-state index in [4.69, 9.17) is 4.74 Å². The van der Waals surface area contributed by atoms with Crippen molar-refractivity contribution in [2.24, 2.45) is 0 Å². The van der Waals surface area contributed by atoms with Crippen molar-refractivity contribution in [3.8, 4) is 0 Å². The number of carbonyl (C=O) groups excluding carboxylic acids is 6. The highest BCUT2D eigenvalue weighted by atomic mass is 16.6. The third-order valence-electron chi connectivity index (χ3n) is 7.83. The Labute approximate surface area is 238 Å². The van der Waals surface area contributed by atoms with Crippen molar-refractivity contribution in [3.05, 3.63) is 29.3 Å². The molecule has 1 unspecified atom stereocenters. The molecule has 7 amide bonds. The van der Waals surface area contributed by atoms with Gasteiger partial charge in [-0.3, -0.25) is 29.4 Å². The number of rotatable bonds is 3. The van der Waals surface area contributed by atoms with E-state index in [1.807, 2.05) is 30.6 Å². The number of hydrogen-bond acceptors (Lipinski definition) is 8. The Hall–Kier alpha value is -4.16. The maximum atomic E-state index is 13.2. The van der Waals surface area contributed by atoms with Crippen LogP contribution in [0, 0.1) is 0 Å². The first-order chi connectivity index (χ1) is 19.4. The van der Waals surface area contributed by atoms with Gasteiger partial charge in [0, 0.05) is 57.4 Å². The average molecular weight is 569 g/mol. The summed E-state index contributed by atoms with van der Waals surface area (Å²) in [4.78, 5) is 81.8. The maximum absolute atomic E-state index is 13.2. The van der Waals surface area contributed by atoms with Gasteiger partial charge in [-0.15, -0.1) is 0 Å². The fourth-order valence-corrected chi connectivity index (χ4v) is 5.70. The minimum absolute atomic E-state index is 0.0324. The Kier molecular flexibility index (Phi) is 7.62. The summed E-state index contributed by atoms with van der Waals surface area (Å²) in [6.07, 6.45) is 1.04. The number of hydrogen-bond donors (Lipinski definition) is 2. The molecule has 220 valence electrons. The molecule has 5 rings (SSSR count). The molecule has 13 nitrogen and oxygen atoms in total. The predicted octanol–water partition coefficient (Wildman–Crippen LogP) is 1.32. The van der Waals surface area contributed by atoms with Gasteiger partial charge in [-0.05, 0) is 58.2 Å². The van der Waals surface area contributed by atoms with Crippen LogP contribution in [0.3, 0.4) is 0 Å². The molecule has 4 heterocycles. The number of imide groups is 2. The van der Waals surface area contributed by atoms with Gasteiger partial charge in [-0.25, -0.2) is 9.59 Å². The number of alkyl carbamates (subject to hydrolysis) is 1. The molecule has 0 bridgehead atoms. The van der Waals surface area contributed by atoms with E-state index in [0.717, 1.165) is 10.6 Å². The van der Waals surface area contributed by atoms with E-state index in [2.05, 4.69) is 15.5 Å². The zero-order valence-corrected chi connectivity index (χ0v) is 23.6. The quantitative estimate of drug-likeness (QED) is 0.519. The van der Waals surface area contributed by atoms with Gasteiger partial charge in [0.25, 0.3) is 11.8 Å². The number of nitrogens with one attached hydrogen (secondary N) is 2. The van der Waals surface area contributed by atoms with Crippen LogP contribution in [0.4, 0.5) is 15.3 Å². The second-order valence-corrected chi connectivity index (χ2v) is 11.8. The number of ether oxygens (including phenoxy) is 1. The van der Waals surface area contributed by atoms with Crippen LogP contribution in [0.1, 0.15) is 67.2 Å². The first-order valence-corrected chi connectivity index (χ1v) is 14.1. The monoisotopic (exact) mass is 568 g/mol. The summed E-state index contributed by atoms with van der Waals surface area (Å²) in [5.74, 6) is -2.13. The SMILES string of the molecule is CC(C)(C)OC(=O)NC1CCN(C(=O)N2CCN(c3ccc4c(c3)C(=O)N(C3CCC(=O)NC3=O)C4=O)CC2)CC1. The van der Waals surface area contributed by atoms with E-state index in [0.29, 0.717) is 52.1 Å². The Balaban J connectivity index is 1.14. The minimum atomic E-state index is -1.00. The summed E-state index contributed by atoms with van der Waals surface area (Å²) < 4.78 is 5.32. The summed E-state index contributed by atoms with van der Waals surface area (Å²) in [5, 5.41) is 5.09. The topological polar surface area (TPSA) is 149 Å². The number of benzene rings is 1. The minimum Gasteiger partial charge on any atom is -0.444 e. The fourth-order valence-electron chi connectivity index (χ4n) is 5.70. The van der Waals surface area contributed by atoms with Crippen LogP contribution >= 0.6 is 0 Å². The second-order valence-electron chi connectivity index (χ2n) is 11.8. The van der Waals surface area contributed by atoms with Crippen molar-refractivity contribution >= 4 is 41.4 Å². The second kappa shape index (κ2) is 11.0. The summed E-state index contributed by atoms with van der Waals surface area (Å²) in [6.45, 7) is 8.65. The van der Waals surface area contributed by atoms with Crippen LogP contribution in [0.5, 0.6) is 0 Å². The van der Waals surface area contributed by atoms with Crippen LogP contribution in [0.15, 0.2) is 18.2 Å². The highest BCUT2D eigenvalue weighted by molar-refractivity contribution is 6.23. The molecule has 0 spiro atoms. The molecule has 4 aliphatic rings. The molecule has 0 radical (unpaired) electrons. The molecule has 4 aliphatic heterocycles. The molecule has 0 saturated carbocycles. The third-order valence-corrected chi connectivity index (χ3v) is 7.83. The molecule has 0 aliphatic carbocycles. The number of anilines is 1. The van der Waals surface area contributed by atoms with Gasteiger partial charge in [0.2, 0.25) is 11.8 Å². The first-order valence-electron chi connectivity index (χ1n) is 14.1. The molecule has 0 aromatic heterocycles. The van der Waals surface area contributed by atoms with Crippen molar-refractivity contribution in [2.75, 3.05) is 44.2 Å². The molecule has 41 heavy (non-hydrogen) atoms. The van der Waals surface area contributed by atoms with Gasteiger partial charge in [0.15, 0.2) is 0 Å². The van der Waals surface area contributed by atoms with Gasteiger partial charge in [-0.2, -0.15) is 0 Å².